The third kappa shape index (κ3) is 3.46. The monoisotopic (exact) mass is 179 g/mol. The van der Waals surface area contributed by atoms with Gasteiger partial charge in [-0.2, -0.15) is 0 Å². The van der Waals surface area contributed by atoms with E-state index in [0.29, 0.717) is 12.1 Å². The zero-order chi connectivity index (χ0) is 9.68. The van der Waals surface area contributed by atoms with Gasteiger partial charge in [-0.1, -0.05) is 12.1 Å². The molecule has 0 bridgehead atoms. The minimum Gasteiger partial charge on any atom is -0.465 e. The molecule has 1 radical (unpaired) electrons. The first-order valence-corrected chi connectivity index (χ1v) is 3.84. The van der Waals surface area contributed by atoms with Gasteiger partial charge in [-0.05, 0) is 24.1 Å². The van der Waals surface area contributed by atoms with E-state index < -0.39 is 6.09 Å². The molecule has 1 rings (SSSR count). The lowest BCUT2D eigenvalue weighted by molar-refractivity contribution is 0.197. The first-order valence-electron chi connectivity index (χ1n) is 3.84. The smallest absolute Gasteiger partial charge is 0.404 e. The van der Waals surface area contributed by atoms with Crippen molar-refractivity contribution in [1.29, 1.82) is 0 Å². The van der Waals surface area contributed by atoms with E-state index in [9.17, 15) is 4.79 Å². The van der Waals surface area contributed by atoms with Gasteiger partial charge in [0.2, 0.25) is 0 Å². The van der Waals surface area contributed by atoms with Crippen molar-refractivity contribution < 1.29 is 9.90 Å². The predicted octanol–water partition coefficient (Wildman–Crippen LogP) is 1.24. The van der Waals surface area contributed by atoms with Crippen LogP contribution in [0.5, 0.6) is 0 Å². The van der Waals surface area contributed by atoms with Gasteiger partial charge in [0.1, 0.15) is 0 Å². The molecule has 0 unspecified atom stereocenters. The second-order valence-corrected chi connectivity index (χ2v) is 2.60. The molecule has 0 aliphatic carbocycles. The van der Waals surface area contributed by atoms with Crippen LogP contribution in [0, 0.1) is 6.54 Å². The van der Waals surface area contributed by atoms with Crippen molar-refractivity contribution in [3.8, 4) is 0 Å². The predicted molar refractivity (Wildman–Crippen MR) is 50.0 cm³/mol. The molecule has 1 aromatic carbocycles. The zero-order valence-electron chi connectivity index (χ0n) is 7.03. The minimum atomic E-state index is -1.05. The van der Waals surface area contributed by atoms with Crippen LogP contribution in [-0.4, -0.2) is 11.2 Å². The number of nitrogen functional groups attached to an aromatic ring is 1. The maximum Gasteiger partial charge on any atom is 0.404 e. The Labute approximate surface area is 76.4 Å². The van der Waals surface area contributed by atoms with E-state index >= 15 is 0 Å². The third-order valence-corrected chi connectivity index (χ3v) is 1.54. The standard InChI is InChI=1S/C9H11N2O2/c10-8-3-1-7(2-4-8)5-6-11-9(12)13/h1-4,6,11H,5,10H2,(H,12,13). The van der Waals surface area contributed by atoms with Gasteiger partial charge in [-0.25, -0.2) is 4.79 Å². The van der Waals surface area contributed by atoms with E-state index in [1.807, 2.05) is 12.1 Å². The molecule has 1 aromatic rings. The van der Waals surface area contributed by atoms with Crippen LogP contribution in [-0.2, 0) is 6.42 Å². The van der Waals surface area contributed by atoms with Crippen LogP contribution in [0.3, 0.4) is 0 Å². The molecular weight excluding hydrogens is 168 g/mol. The normalized spacial score (nSPS) is 9.54. The molecule has 13 heavy (non-hydrogen) atoms. The van der Waals surface area contributed by atoms with E-state index in [1.165, 1.54) is 6.54 Å². The van der Waals surface area contributed by atoms with Crippen LogP contribution < -0.4 is 11.1 Å². The Balaban J connectivity index is 2.37. The highest BCUT2D eigenvalue weighted by Crippen LogP contribution is 2.06. The van der Waals surface area contributed by atoms with Gasteiger partial charge in [0.25, 0.3) is 0 Å². The van der Waals surface area contributed by atoms with Crippen molar-refractivity contribution in [2.24, 2.45) is 0 Å². The number of nitrogens with one attached hydrogen (secondary N) is 1. The fourth-order valence-electron chi connectivity index (χ4n) is 0.910. The molecule has 0 heterocycles. The average molecular weight is 179 g/mol. The van der Waals surface area contributed by atoms with Crippen LogP contribution in [0.15, 0.2) is 24.3 Å². The van der Waals surface area contributed by atoms with Crippen LogP contribution in [0.1, 0.15) is 5.56 Å². The maximum atomic E-state index is 10.1. The lowest BCUT2D eigenvalue weighted by Crippen LogP contribution is -2.18. The largest absolute Gasteiger partial charge is 0.465 e. The number of benzene rings is 1. The van der Waals surface area contributed by atoms with Crippen LogP contribution >= 0.6 is 0 Å². The van der Waals surface area contributed by atoms with Crippen LogP contribution in [0.4, 0.5) is 10.5 Å². The van der Waals surface area contributed by atoms with Crippen molar-refractivity contribution in [2.45, 2.75) is 6.42 Å². The highest BCUT2D eigenvalue weighted by molar-refractivity contribution is 5.65. The Kier molecular flexibility index (Phi) is 3.14. The lowest BCUT2D eigenvalue weighted by atomic mass is 10.1. The number of amides is 1. The Morgan fingerprint density at radius 2 is 2.08 bits per heavy atom. The summed E-state index contributed by atoms with van der Waals surface area (Å²) < 4.78 is 0. The highest BCUT2D eigenvalue weighted by atomic mass is 16.4. The second-order valence-electron chi connectivity index (χ2n) is 2.60. The molecular formula is C9H11N2O2. The number of hydrogen-bond donors (Lipinski definition) is 3. The molecule has 0 atom stereocenters. The summed E-state index contributed by atoms with van der Waals surface area (Å²) >= 11 is 0. The molecule has 0 saturated heterocycles. The van der Waals surface area contributed by atoms with Crippen molar-refractivity contribution in [2.75, 3.05) is 5.73 Å². The fraction of sp³-hybridized carbons (Fsp3) is 0.111. The molecule has 0 fully saturated rings. The molecule has 1 amide bonds. The summed E-state index contributed by atoms with van der Waals surface area (Å²) in [5, 5.41) is 10.4. The van der Waals surface area contributed by atoms with Gasteiger partial charge in [-0.15, -0.1) is 0 Å². The summed E-state index contributed by atoms with van der Waals surface area (Å²) in [7, 11) is 0. The Morgan fingerprint density at radius 1 is 1.46 bits per heavy atom. The minimum absolute atomic E-state index is 0.562. The fourth-order valence-corrected chi connectivity index (χ4v) is 0.910. The van der Waals surface area contributed by atoms with Gasteiger partial charge in [0.05, 0.1) is 6.54 Å². The van der Waals surface area contributed by atoms with Gasteiger partial charge >= 0.3 is 6.09 Å². The van der Waals surface area contributed by atoms with Crippen LogP contribution in [0.25, 0.3) is 0 Å². The Morgan fingerprint density at radius 3 is 2.62 bits per heavy atom. The Bertz CT molecular complexity index is 282. The van der Waals surface area contributed by atoms with Crippen molar-refractivity contribution in [3.63, 3.8) is 0 Å². The molecule has 69 valence electrons. The molecule has 0 aliphatic heterocycles. The molecule has 0 spiro atoms. The van der Waals surface area contributed by atoms with Gasteiger partial charge in [0, 0.05) is 5.69 Å². The number of rotatable bonds is 3. The first-order chi connectivity index (χ1) is 6.18. The summed E-state index contributed by atoms with van der Waals surface area (Å²) in [6.07, 6.45) is -0.484. The highest BCUT2D eigenvalue weighted by Gasteiger charge is 1.95. The lowest BCUT2D eigenvalue weighted by Gasteiger charge is -2.00. The third-order valence-electron chi connectivity index (χ3n) is 1.54. The van der Waals surface area contributed by atoms with E-state index in [4.69, 9.17) is 10.8 Å². The maximum absolute atomic E-state index is 10.1. The van der Waals surface area contributed by atoms with E-state index in [1.54, 1.807) is 12.1 Å². The molecule has 0 aliphatic rings. The molecule has 0 aromatic heterocycles. The quantitative estimate of drug-likeness (QED) is 0.611. The molecule has 4 heteroatoms. The molecule has 4 N–H and O–H groups in total. The molecule has 4 nitrogen and oxygen atoms in total. The van der Waals surface area contributed by atoms with Gasteiger partial charge in [-0.3, -0.25) is 0 Å². The number of carboxylic acid groups (broad SMARTS) is 1. The number of carbonyl (C=O) groups is 1. The van der Waals surface area contributed by atoms with E-state index in [0.717, 1.165) is 5.56 Å². The topological polar surface area (TPSA) is 75.3 Å². The van der Waals surface area contributed by atoms with Gasteiger partial charge in [0.15, 0.2) is 0 Å². The second kappa shape index (κ2) is 4.35. The SMILES string of the molecule is Nc1ccc(C[CH]NC(=O)O)cc1. The van der Waals surface area contributed by atoms with Crippen molar-refractivity contribution in [1.82, 2.24) is 5.32 Å². The summed E-state index contributed by atoms with van der Waals surface area (Å²) in [5.41, 5.74) is 7.20. The number of anilines is 1. The van der Waals surface area contributed by atoms with Crippen molar-refractivity contribution >= 4 is 11.8 Å². The van der Waals surface area contributed by atoms with E-state index in [-0.39, 0.29) is 0 Å². The average Bonchev–Trinajstić information content (AvgIpc) is 2.08. The number of nitrogens with two attached hydrogens (primary N) is 1. The summed E-state index contributed by atoms with van der Waals surface area (Å²) in [4.78, 5) is 10.1. The first kappa shape index (κ1) is 9.38. The zero-order valence-corrected chi connectivity index (χ0v) is 7.03. The van der Waals surface area contributed by atoms with Crippen LogP contribution in [0.2, 0.25) is 0 Å². The Hall–Kier alpha value is -1.71. The number of hydrogen-bond acceptors (Lipinski definition) is 2. The van der Waals surface area contributed by atoms with Crippen molar-refractivity contribution in [3.05, 3.63) is 36.4 Å². The van der Waals surface area contributed by atoms with E-state index in [2.05, 4.69) is 5.32 Å². The summed E-state index contributed by atoms with van der Waals surface area (Å²) in [6.45, 7) is 1.48. The summed E-state index contributed by atoms with van der Waals surface area (Å²) in [5.74, 6) is 0. The summed E-state index contributed by atoms with van der Waals surface area (Å²) in [6, 6.07) is 7.28. The van der Waals surface area contributed by atoms with Gasteiger partial charge < -0.3 is 16.2 Å². The molecule has 0 saturated carbocycles.